The van der Waals surface area contributed by atoms with Gasteiger partial charge in [-0.2, -0.15) is 5.26 Å². The summed E-state index contributed by atoms with van der Waals surface area (Å²) in [6.45, 7) is 5.99. The van der Waals surface area contributed by atoms with Gasteiger partial charge in [0.25, 0.3) is 5.56 Å². The summed E-state index contributed by atoms with van der Waals surface area (Å²) in [5.41, 5.74) is 2.73. The molecule has 5 heteroatoms. The Morgan fingerprint density at radius 2 is 2.00 bits per heavy atom. The summed E-state index contributed by atoms with van der Waals surface area (Å²) < 4.78 is 1.52. The van der Waals surface area contributed by atoms with Crippen LogP contribution in [0.1, 0.15) is 36.6 Å². The average Bonchev–Trinajstić information content (AvgIpc) is 2.54. The first-order chi connectivity index (χ1) is 11.0. The number of hydrogen-bond acceptors (Lipinski definition) is 4. The molecule has 0 aliphatic rings. The Labute approximate surface area is 133 Å². The highest BCUT2D eigenvalue weighted by atomic mass is 16.1. The number of aryl methyl sites for hydroxylation is 1. The first-order valence-corrected chi connectivity index (χ1v) is 7.41. The van der Waals surface area contributed by atoms with Gasteiger partial charge in [-0.3, -0.25) is 14.3 Å². The van der Waals surface area contributed by atoms with Crippen LogP contribution in [0, 0.1) is 18.3 Å². The quantitative estimate of drug-likeness (QED) is 0.729. The summed E-state index contributed by atoms with van der Waals surface area (Å²) in [6, 6.07) is 9.07. The highest BCUT2D eigenvalue weighted by Crippen LogP contribution is 2.25. The Hall–Kier alpha value is -3.00. The summed E-state index contributed by atoms with van der Waals surface area (Å²) >= 11 is 0. The molecule has 0 saturated carbocycles. The van der Waals surface area contributed by atoms with Crippen LogP contribution in [0.15, 0.2) is 41.5 Å². The van der Waals surface area contributed by atoms with Crippen molar-refractivity contribution in [3.63, 3.8) is 0 Å². The fourth-order valence-corrected chi connectivity index (χ4v) is 2.72. The molecule has 0 radical (unpaired) electrons. The minimum Gasteiger partial charge on any atom is -0.267 e. The molecule has 0 aliphatic heterocycles. The molecule has 114 valence electrons. The molecule has 3 rings (SSSR count). The van der Waals surface area contributed by atoms with Crippen LogP contribution in [0.25, 0.3) is 16.7 Å². The van der Waals surface area contributed by atoms with E-state index in [1.165, 1.54) is 4.57 Å². The summed E-state index contributed by atoms with van der Waals surface area (Å²) in [5.74, 6) is 0.140. The second kappa shape index (κ2) is 5.65. The van der Waals surface area contributed by atoms with Crippen molar-refractivity contribution in [3.05, 3.63) is 63.8 Å². The lowest BCUT2D eigenvalue weighted by Crippen LogP contribution is -2.24. The van der Waals surface area contributed by atoms with E-state index in [1.54, 1.807) is 24.5 Å². The van der Waals surface area contributed by atoms with Gasteiger partial charge in [0.15, 0.2) is 0 Å². The van der Waals surface area contributed by atoms with Crippen LogP contribution in [0.3, 0.4) is 0 Å². The molecular weight excluding hydrogens is 288 g/mol. The average molecular weight is 304 g/mol. The Kier molecular flexibility index (Phi) is 3.67. The van der Waals surface area contributed by atoms with Crippen LogP contribution < -0.4 is 5.56 Å². The van der Waals surface area contributed by atoms with Crippen molar-refractivity contribution < 1.29 is 0 Å². The number of pyridine rings is 3. The van der Waals surface area contributed by atoms with Gasteiger partial charge in [-0.05, 0) is 42.7 Å². The van der Waals surface area contributed by atoms with E-state index < -0.39 is 0 Å². The second-order valence-corrected chi connectivity index (χ2v) is 5.74. The van der Waals surface area contributed by atoms with Crippen molar-refractivity contribution in [3.8, 4) is 11.8 Å². The maximum Gasteiger partial charge on any atom is 0.274 e. The summed E-state index contributed by atoms with van der Waals surface area (Å²) in [6.07, 6.45) is 3.38. The van der Waals surface area contributed by atoms with E-state index in [0.29, 0.717) is 11.3 Å². The molecule has 0 aliphatic carbocycles. The van der Waals surface area contributed by atoms with Crippen molar-refractivity contribution in [2.75, 3.05) is 0 Å². The monoisotopic (exact) mass is 304 g/mol. The molecule has 23 heavy (non-hydrogen) atoms. The third kappa shape index (κ3) is 2.38. The van der Waals surface area contributed by atoms with Gasteiger partial charge in [-0.1, -0.05) is 13.8 Å². The predicted molar refractivity (Wildman–Crippen MR) is 88.7 cm³/mol. The number of hydrogen-bond donors (Lipinski definition) is 0. The molecule has 0 atom stereocenters. The summed E-state index contributed by atoms with van der Waals surface area (Å²) in [5, 5.41) is 10.0. The molecular formula is C18H16N4O. The van der Waals surface area contributed by atoms with E-state index in [-0.39, 0.29) is 17.0 Å². The molecule has 3 heterocycles. The van der Waals surface area contributed by atoms with Crippen LogP contribution in [0.2, 0.25) is 0 Å². The molecule has 0 fully saturated rings. The van der Waals surface area contributed by atoms with Crippen LogP contribution in [-0.2, 0) is 0 Å². The largest absolute Gasteiger partial charge is 0.274 e. The lowest BCUT2D eigenvalue weighted by Gasteiger charge is -2.17. The number of rotatable bonds is 2. The van der Waals surface area contributed by atoms with Gasteiger partial charge in [-0.15, -0.1) is 0 Å². The van der Waals surface area contributed by atoms with Crippen LogP contribution in [0.5, 0.6) is 0 Å². The Morgan fingerprint density at radius 3 is 2.70 bits per heavy atom. The maximum atomic E-state index is 12.8. The van der Waals surface area contributed by atoms with E-state index in [2.05, 4.69) is 9.97 Å². The van der Waals surface area contributed by atoms with Crippen molar-refractivity contribution in [1.82, 2.24) is 14.5 Å². The van der Waals surface area contributed by atoms with E-state index in [9.17, 15) is 10.1 Å². The lowest BCUT2D eigenvalue weighted by molar-refractivity contribution is 0.796. The van der Waals surface area contributed by atoms with Gasteiger partial charge in [0, 0.05) is 17.8 Å². The zero-order chi connectivity index (χ0) is 16.6. The SMILES string of the molecule is Cc1ccnc(C(C)C)c1-n1c(=O)c(C#N)cc2cccnc21. The fourth-order valence-electron chi connectivity index (χ4n) is 2.72. The molecule has 0 bridgehead atoms. The molecule has 0 unspecified atom stereocenters. The molecule has 5 nitrogen and oxygen atoms in total. The third-order valence-corrected chi connectivity index (χ3v) is 3.81. The zero-order valence-electron chi connectivity index (χ0n) is 13.2. The fraction of sp³-hybridized carbons (Fsp3) is 0.222. The molecule has 0 N–H and O–H groups in total. The predicted octanol–water partition coefficient (Wildman–Crippen LogP) is 3.08. The van der Waals surface area contributed by atoms with Crippen molar-refractivity contribution in [1.29, 1.82) is 5.26 Å². The van der Waals surface area contributed by atoms with E-state index >= 15 is 0 Å². The van der Waals surface area contributed by atoms with E-state index in [4.69, 9.17) is 0 Å². The van der Waals surface area contributed by atoms with Gasteiger partial charge < -0.3 is 0 Å². The Bertz CT molecular complexity index is 996. The third-order valence-electron chi connectivity index (χ3n) is 3.81. The molecule has 0 spiro atoms. The Morgan fingerprint density at radius 1 is 1.22 bits per heavy atom. The number of nitriles is 1. The first kappa shape index (κ1) is 14.9. The molecule has 3 aromatic rings. The first-order valence-electron chi connectivity index (χ1n) is 7.41. The molecule has 0 amide bonds. The highest BCUT2D eigenvalue weighted by Gasteiger charge is 2.18. The highest BCUT2D eigenvalue weighted by molar-refractivity contribution is 5.78. The van der Waals surface area contributed by atoms with Gasteiger partial charge in [0.1, 0.15) is 17.3 Å². The molecule has 3 aromatic heterocycles. The van der Waals surface area contributed by atoms with E-state index in [1.807, 2.05) is 39.0 Å². The molecule has 0 aromatic carbocycles. The minimum atomic E-state index is -0.364. The van der Waals surface area contributed by atoms with Gasteiger partial charge in [-0.25, -0.2) is 4.98 Å². The standard InChI is InChI=1S/C18H16N4O/c1-11(2)15-16(12(3)6-8-20-15)22-17-13(5-4-7-21-17)9-14(10-19)18(22)23/h4-9,11H,1-3H3. The topological polar surface area (TPSA) is 71.6 Å². The van der Waals surface area contributed by atoms with Crippen LogP contribution in [-0.4, -0.2) is 14.5 Å². The van der Waals surface area contributed by atoms with Crippen molar-refractivity contribution in [2.24, 2.45) is 0 Å². The summed E-state index contributed by atoms with van der Waals surface area (Å²) in [7, 11) is 0. The minimum absolute atomic E-state index is 0.100. The maximum absolute atomic E-state index is 12.8. The lowest BCUT2D eigenvalue weighted by atomic mass is 10.0. The van der Waals surface area contributed by atoms with E-state index in [0.717, 1.165) is 16.6 Å². The smallest absolute Gasteiger partial charge is 0.267 e. The van der Waals surface area contributed by atoms with Crippen LogP contribution in [0.4, 0.5) is 0 Å². The van der Waals surface area contributed by atoms with Gasteiger partial charge >= 0.3 is 0 Å². The van der Waals surface area contributed by atoms with Gasteiger partial charge in [0.2, 0.25) is 0 Å². The normalized spacial score (nSPS) is 10.9. The van der Waals surface area contributed by atoms with Gasteiger partial charge in [0.05, 0.1) is 11.4 Å². The van der Waals surface area contributed by atoms with Crippen molar-refractivity contribution >= 4 is 11.0 Å². The molecule has 0 saturated heterocycles. The number of nitrogens with zero attached hydrogens (tertiary/aromatic N) is 4. The zero-order valence-corrected chi connectivity index (χ0v) is 13.2. The Balaban J connectivity index is 2.54. The second-order valence-electron chi connectivity index (χ2n) is 5.74. The number of aromatic nitrogens is 3. The van der Waals surface area contributed by atoms with Crippen molar-refractivity contribution in [2.45, 2.75) is 26.7 Å². The number of fused-ring (bicyclic) bond motifs is 1. The van der Waals surface area contributed by atoms with Crippen LogP contribution >= 0.6 is 0 Å². The summed E-state index contributed by atoms with van der Waals surface area (Å²) in [4.78, 5) is 21.6.